The molecule has 14 heavy (non-hydrogen) atoms. The molecule has 2 aliphatic rings. The van der Waals surface area contributed by atoms with E-state index in [9.17, 15) is 9.90 Å². The molecule has 0 saturated heterocycles. The topological polar surface area (TPSA) is 37.3 Å². The Morgan fingerprint density at radius 1 is 1.07 bits per heavy atom. The average Bonchev–Trinajstić information content (AvgIpc) is 2.77. The summed E-state index contributed by atoms with van der Waals surface area (Å²) in [6, 6.07) is 0. The van der Waals surface area contributed by atoms with Crippen molar-refractivity contribution in [1.29, 1.82) is 0 Å². The van der Waals surface area contributed by atoms with Crippen molar-refractivity contribution < 1.29 is 9.90 Å². The molecule has 80 valence electrons. The third-order valence-electron chi connectivity index (χ3n) is 3.89. The lowest BCUT2D eigenvalue weighted by atomic mass is 9.91. The summed E-state index contributed by atoms with van der Waals surface area (Å²) in [5.41, 5.74) is 0. The molecular weight excluding hydrogens is 176 g/mol. The van der Waals surface area contributed by atoms with E-state index in [0.29, 0.717) is 18.1 Å². The number of rotatable bonds is 3. The van der Waals surface area contributed by atoms with Crippen LogP contribution in [0.2, 0.25) is 0 Å². The van der Waals surface area contributed by atoms with Gasteiger partial charge in [-0.25, -0.2) is 0 Å². The Morgan fingerprint density at radius 2 is 1.79 bits per heavy atom. The maximum absolute atomic E-state index is 11.8. The minimum absolute atomic E-state index is 0.194. The molecule has 2 unspecified atom stereocenters. The van der Waals surface area contributed by atoms with Crippen LogP contribution in [0.1, 0.15) is 51.4 Å². The van der Waals surface area contributed by atoms with Gasteiger partial charge in [0.05, 0.1) is 6.10 Å². The van der Waals surface area contributed by atoms with Crippen molar-refractivity contribution in [3.05, 3.63) is 0 Å². The number of Topliss-reactive ketones (excluding diaryl/α,β-unsaturated/α-hetero) is 1. The molecule has 0 radical (unpaired) electrons. The van der Waals surface area contributed by atoms with Crippen LogP contribution in [0.15, 0.2) is 0 Å². The van der Waals surface area contributed by atoms with Gasteiger partial charge in [0.25, 0.3) is 0 Å². The Bertz CT molecular complexity index is 206. The first kappa shape index (κ1) is 10.2. The maximum atomic E-state index is 11.8. The van der Waals surface area contributed by atoms with Crippen LogP contribution < -0.4 is 0 Å². The second-order valence-electron chi connectivity index (χ2n) is 4.91. The van der Waals surface area contributed by atoms with Crippen LogP contribution in [0.25, 0.3) is 0 Å². The van der Waals surface area contributed by atoms with Crippen LogP contribution in [-0.4, -0.2) is 17.0 Å². The molecule has 2 rings (SSSR count). The quantitative estimate of drug-likeness (QED) is 0.752. The van der Waals surface area contributed by atoms with E-state index in [2.05, 4.69) is 0 Å². The smallest absolute Gasteiger partial charge is 0.136 e. The zero-order valence-electron chi connectivity index (χ0n) is 8.74. The summed E-state index contributed by atoms with van der Waals surface area (Å²) in [6.45, 7) is 0. The van der Waals surface area contributed by atoms with Crippen LogP contribution in [0, 0.1) is 11.8 Å². The van der Waals surface area contributed by atoms with Crippen molar-refractivity contribution in [3.63, 3.8) is 0 Å². The number of carbonyl (C=O) groups is 1. The van der Waals surface area contributed by atoms with Crippen LogP contribution in [0.3, 0.4) is 0 Å². The predicted molar refractivity (Wildman–Crippen MR) is 54.9 cm³/mol. The van der Waals surface area contributed by atoms with Gasteiger partial charge in [-0.2, -0.15) is 0 Å². The highest BCUT2D eigenvalue weighted by Crippen LogP contribution is 2.32. The summed E-state index contributed by atoms with van der Waals surface area (Å²) in [6.07, 6.45) is 8.16. The van der Waals surface area contributed by atoms with Gasteiger partial charge in [0.2, 0.25) is 0 Å². The molecule has 2 heteroatoms. The number of aliphatic hydroxyl groups excluding tert-OH is 1. The van der Waals surface area contributed by atoms with Gasteiger partial charge in [0, 0.05) is 12.3 Å². The number of ketones is 1. The Hall–Kier alpha value is -0.370. The third-order valence-corrected chi connectivity index (χ3v) is 3.89. The van der Waals surface area contributed by atoms with E-state index in [0.717, 1.165) is 32.1 Å². The number of hydrogen-bond donors (Lipinski definition) is 1. The van der Waals surface area contributed by atoms with Gasteiger partial charge >= 0.3 is 0 Å². The van der Waals surface area contributed by atoms with Gasteiger partial charge in [-0.3, -0.25) is 4.79 Å². The van der Waals surface area contributed by atoms with Crippen molar-refractivity contribution in [2.24, 2.45) is 11.8 Å². The molecular formula is C12H20O2. The molecule has 2 nitrogen and oxygen atoms in total. The molecule has 2 atom stereocenters. The second kappa shape index (κ2) is 4.43. The molecule has 0 bridgehead atoms. The summed E-state index contributed by atoms with van der Waals surface area (Å²) >= 11 is 0. The molecule has 0 amide bonds. The fourth-order valence-corrected chi connectivity index (χ4v) is 2.93. The Morgan fingerprint density at radius 3 is 2.36 bits per heavy atom. The van der Waals surface area contributed by atoms with E-state index in [1.165, 1.54) is 12.8 Å². The molecule has 1 N–H and O–H groups in total. The SMILES string of the molecule is O=C(CC1CCCC1O)C1CCCC1. The van der Waals surface area contributed by atoms with E-state index in [1.807, 2.05) is 0 Å². The first-order chi connectivity index (χ1) is 6.77. The molecule has 2 aliphatic carbocycles. The highest BCUT2D eigenvalue weighted by Gasteiger charge is 2.30. The lowest BCUT2D eigenvalue weighted by Crippen LogP contribution is -2.20. The molecule has 2 fully saturated rings. The zero-order valence-corrected chi connectivity index (χ0v) is 8.74. The van der Waals surface area contributed by atoms with E-state index in [4.69, 9.17) is 0 Å². The summed E-state index contributed by atoms with van der Waals surface area (Å²) in [4.78, 5) is 11.8. The number of aliphatic hydroxyl groups is 1. The minimum atomic E-state index is -0.194. The van der Waals surface area contributed by atoms with Crippen molar-refractivity contribution in [2.75, 3.05) is 0 Å². The Labute approximate surface area is 85.7 Å². The maximum Gasteiger partial charge on any atom is 0.136 e. The molecule has 2 saturated carbocycles. The van der Waals surface area contributed by atoms with Crippen molar-refractivity contribution >= 4 is 5.78 Å². The Kier molecular flexibility index (Phi) is 3.22. The number of carbonyl (C=O) groups excluding carboxylic acids is 1. The second-order valence-corrected chi connectivity index (χ2v) is 4.91. The summed E-state index contributed by atoms with van der Waals surface area (Å²) < 4.78 is 0. The lowest BCUT2D eigenvalue weighted by molar-refractivity contribution is -0.124. The first-order valence-corrected chi connectivity index (χ1v) is 5.98. The minimum Gasteiger partial charge on any atom is -0.393 e. The summed E-state index contributed by atoms with van der Waals surface area (Å²) in [5.74, 6) is 1.04. The first-order valence-electron chi connectivity index (χ1n) is 5.98. The highest BCUT2D eigenvalue weighted by molar-refractivity contribution is 5.81. The molecule has 0 aromatic carbocycles. The van der Waals surface area contributed by atoms with Crippen LogP contribution in [0.5, 0.6) is 0 Å². The molecule has 0 heterocycles. The third kappa shape index (κ3) is 2.17. The molecule has 0 spiro atoms. The van der Waals surface area contributed by atoms with E-state index >= 15 is 0 Å². The van der Waals surface area contributed by atoms with Gasteiger partial charge in [-0.1, -0.05) is 19.3 Å². The monoisotopic (exact) mass is 196 g/mol. The summed E-state index contributed by atoms with van der Waals surface area (Å²) in [5, 5.41) is 9.63. The van der Waals surface area contributed by atoms with Crippen molar-refractivity contribution in [1.82, 2.24) is 0 Å². The summed E-state index contributed by atoms with van der Waals surface area (Å²) in [7, 11) is 0. The van der Waals surface area contributed by atoms with Gasteiger partial charge in [-0.15, -0.1) is 0 Å². The van der Waals surface area contributed by atoms with E-state index in [1.54, 1.807) is 0 Å². The normalized spacial score (nSPS) is 33.8. The molecule has 0 aromatic heterocycles. The largest absolute Gasteiger partial charge is 0.393 e. The van der Waals surface area contributed by atoms with Crippen LogP contribution in [-0.2, 0) is 4.79 Å². The number of hydrogen-bond acceptors (Lipinski definition) is 2. The lowest BCUT2D eigenvalue weighted by Gasteiger charge is -2.15. The van der Waals surface area contributed by atoms with Gasteiger partial charge < -0.3 is 5.11 Å². The van der Waals surface area contributed by atoms with Crippen molar-refractivity contribution in [3.8, 4) is 0 Å². The van der Waals surface area contributed by atoms with Crippen LogP contribution in [0.4, 0.5) is 0 Å². The molecule has 0 aliphatic heterocycles. The molecule has 0 aromatic rings. The van der Waals surface area contributed by atoms with E-state index < -0.39 is 0 Å². The fourth-order valence-electron chi connectivity index (χ4n) is 2.93. The van der Waals surface area contributed by atoms with Gasteiger partial charge in [0.1, 0.15) is 5.78 Å². The highest BCUT2D eigenvalue weighted by atomic mass is 16.3. The predicted octanol–water partition coefficient (Wildman–Crippen LogP) is 2.30. The fraction of sp³-hybridized carbons (Fsp3) is 0.917. The van der Waals surface area contributed by atoms with E-state index in [-0.39, 0.29) is 12.0 Å². The average molecular weight is 196 g/mol. The van der Waals surface area contributed by atoms with Crippen molar-refractivity contribution in [2.45, 2.75) is 57.5 Å². The standard InChI is InChI=1S/C12H20O2/c13-11-7-3-6-10(11)8-12(14)9-4-1-2-5-9/h9-11,13H,1-8H2. The zero-order chi connectivity index (χ0) is 9.97. The Balaban J connectivity index is 1.81. The van der Waals surface area contributed by atoms with Crippen LogP contribution >= 0.6 is 0 Å². The van der Waals surface area contributed by atoms with Gasteiger partial charge in [-0.05, 0) is 31.6 Å². The van der Waals surface area contributed by atoms with Gasteiger partial charge in [0.15, 0.2) is 0 Å².